The Morgan fingerprint density at radius 1 is 1.44 bits per heavy atom. The Balaban J connectivity index is 0. The van der Waals surface area contributed by atoms with Crippen LogP contribution in [0.3, 0.4) is 0 Å². The Morgan fingerprint density at radius 3 is 2.33 bits per heavy atom. The van der Waals surface area contributed by atoms with Crippen molar-refractivity contribution >= 4 is 5.97 Å². The van der Waals surface area contributed by atoms with Crippen LogP contribution in [0.15, 0.2) is 24.3 Å². The summed E-state index contributed by atoms with van der Waals surface area (Å²) in [5.41, 5.74) is 0. The maximum absolute atomic E-state index is 9.75. The molecule has 3 heteroatoms. The molecule has 0 saturated carbocycles. The van der Waals surface area contributed by atoms with Crippen LogP contribution in [0.4, 0.5) is 0 Å². The summed E-state index contributed by atoms with van der Waals surface area (Å²) < 4.78 is 0. The molecule has 0 fully saturated rings. The number of carboxylic acid groups (broad SMARTS) is 1. The average molecular weight is 262 g/mol. The van der Waals surface area contributed by atoms with Crippen molar-refractivity contribution in [3.8, 4) is 0 Å². The molecule has 0 bridgehead atoms. The Labute approximate surface area is 86.7 Å². The van der Waals surface area contributed by atoms with Crippen molar-refractivity contribution < 1.29 is 50.3 Å². The first kappa shape index (κ1) is 12.0. The van der Waals surface area contributed by atoms with Gasteiger partial charge in [-0.1, -0.05) is 18.2 Å². The van der Waals surface area contributed by atoms with Gasteiger partial charge in [-0.05, 0) is 6.92 Å². The third kappa shape index (κ3) is 11.7. The zero-order valence-electron chi connectivity index (χ0n) is 5.07. The monoisotopic (exact) mass is 264 g/mol. The van der Waals surface area contributed by atoms with Crippen molar-refractivity contribution in [1.82, 2.24) is 0 Å². The summed E-state index contributed by atoms with van der Waals surface area (Å²) in [4.78, 5) is 9.75. The third-order valence-corrected chi connectivity index (χ3v) is 0.542. The summed E-state index contributed by atoms with van der Waals surface area (Å²) in [6.45, 7) is 1.83. The van der Waals surface area contributed by atoms with E-state index >= 15 is 0 Å². The second-order valence-corrected chi connectivity index (χ2v) is 1.22. The SMILES string of the molecule is C/C=C/C=C/C(=O)O.[Sm]. The van der Waals surface area contributed by atoms with E-state index in [-0.39, 0.29) is 40.4 Å². The summed E-state index contributed by atoms with van der Waals surface area (Å²) in [5.74, 6) is -0.914. The largest absolute Gasteiger partial charge is 0.478 e. The summed E-state index contributed by atoms with van der Waals surface area (Å²) in [6, 6.07) is 0. The number of hydrogen-bond acceptors (Lipinski definition) is 1. The molecule has 0 unspecified atom stereocenters. The van der Waals surface area contributed by atoms with E-state index in [9.17, 15) is 4.79 Å². The van der Waals surface area contributed by atoms with Crippen LogP contribution in [-0.4, -0.2) is 11.1 Å². The molecule has 2 nitrogen and oxygen atoms in total. The number of aliphatic carboxylic acids is 1. The molecule has 0 saturated heterocycles. The van der Waals surface area contributed by atoms with E-state index in [2.05, 4.69) is 0 Å². The third-order valence-electron chi connectivity index (χ3n) is 0.542. The molecule has 9 heavy (non-hydrogen) atoms. The van der Waals surface area contributed by atoms with E-state index in [1.165, 1.54) is 6.08 Å². The van der Waals surface area contributed by atoms with Crippen LogP contribution >= 0.6 is 0 Å². The maximum Gasteiger partial charge on any atom is 0.328 e. The molecule has 0 heterocycles. The Morgan fingerprint density at radius 2 is 2.00 bits per heavy atom. The zero-order valence-corrected chi connectivity index (χ0v) is 7.69. The minimum absolute atomic E-state index is 0. The van der Waals surface area contributed by atoms with Crippen molar-refractivity contribution in [3.63, 3.8) is 0 Å². The number of carbonyl (C=O) groups is 1. The number of rotatable bonds is 2. The van der Waals surface area contributed by atoms with Crippen molar-refractivity contribution in [1.29, 1.82) is 0 Å². The van der Waals surface area contributed by atoms with Crippen molar-refractivity contribution in [3.05, 3.63) is 24.3 Å². The standard InChI is InChI=1S/C6H8O2.Sm/c1-2-3-4-5-6(7)8;/h2-5H,1H3,(H,7,8);/b3-2+,5-4+;. The van der Waals surface area contributed by atoms with Crippen molar-refractivity contribution in [2.75, 3.05) is 0 Å². The number of allylic oxidation sites excluding steroid dienone is 3. The predicted octanol–water partition coefficient (Wildman–Crippen LogP) is 1.20. The average Bonchev–Trinajstić information content (AvgIpc) is 1.66. The van der Waals surface area contributed by atoms with Gasteiger partial charge in [-0.25, -0.2) is 4.79 Å². The minimum Gasteiger partial charge on any atom is -0.478 e. The molecule has 1 N–H and O–H groups in total. The van der Waals surface area contributed by atoms with Crippen LogP contribution in [0.25, 0.3) is 0 Å². The normalized spacial score (nSPS) is 9.89. The molecule has 0 aliphatic carbocycles. The molecule has 0 aromatic rings. The van der Waals surface area contributed by atoms with E-state index in [0.717, 1.165) is 6.08 Å². The number of hydrogen-bond donors (Lipinski definition) is 1. The molecular weight excluding hydrogens is 254 g/mol. The first-order valence-corrected chi connectivity index (χ1v) is 2.29. The van der Waals surface area contributed by atoms with Gasteiger partial charge in [0.2, 0.25) is 0 Å². The van der Waals surface area contributed by atoms with Gasteiger partial charge in [-0.15, -0.1) is 0 Å². The maximum atomic E-state index is 9.75. The van der Waals surface area contributed by atoms with E-state index in [1.807, 2.05) is 6.92 Å². The van der Waals surface area contributed by atoms with Crippen LogP contribution in [-0.2, 0) is 4.79 Å². The molecule has 0 aliphatic rings. The van der Waals surface area contributed by atoms with Gasteiger partial charge in [0.25, 0.3) is 0 Å². The molecule has 0 aromatic heterocycles. The van der Waals surface area contributed by atoms with Crippen LogP contribution < -0.4 is 0 Å². The fraction of sp³-hybridized carbons (Fsp3) is 0.167. The first-order chi connectivity index (χ1) is 3.77. The second-order valence-electron chi connectivity index (χ2n) is 1.22. The van der Waals surface area contributed by atoms with Gasteiger partial charge in [0.05, 0.1) is 0 Å². The van der Waals surface area contributed by atoms with Crippen LogP contribution in [0, 0.1) is 40.4 Å². The van der Waals surface area contributed by atoms with Gasteiger partial charge in [0.15, 0.2) is 0 Å². The van der Waals surface area contributed by atoms with Gasteiger partial charge in [-0.3, -0.25) is 0 Å². The Kier molecular flexibility index (Phi) is 11.1. The van der Waals surface area contributed by atoms with Gasteiger partial charge in [0.1, 0.15) is 0 Å². The van der Waals surface area contributed by atoms with E-state index in [1.54, 1.807) is 12.2 Å². The van der Waals surface area contributed by atoms with Crippen LogP contribution in [0.1, 0.15) is 6.92 Å². The fourth-order valence-corrected chi connectivity index (χ4v) is 0.249. The molecule has 50 valence electrons. The van der Waals surface area contributed by atoms with Crippen molar-refractivity contribution in [2.24, 2.45) is 0 Å². The summed E-state index contributed by atoms with van der Waals surface area (Å²) in [5, 5.41) is 8.02. The smallest absolute Gasteiger partial charge is 0.328 e. The van der Waals surface area contributed by atoms with Crippen LogP contribution in [0.2, 0.25) is 0 Å². The second kappa shape index (κ2) is 8.29. The van der Waals surface area contributed by atoms with Gasteiger partial charge < -0.3 is 5.11 Å². The molecule has 0 aliphatic heterocycles. The van der Waals surface area contributed by atoms with Gasteiger partial charge >= 0.3 is 5.97 Å². The van der Waals surface area contributed by atoms with E-state index < -0.39 is 5.97 Å². The Hall–Kier alpha value is 0.288. The van der Waals surface area contributed by atoms with E-state index in [4.69, 9.17) is 5.11 Å². The molecule has 0 rings (SSSR count). The minimum atomic E-state index is -0.914. The van der Waals surface area contributed by atoms with Crippen LogP contribution in [0.5, 0.6) is 0 Å². The predicted molar refractivity (Wildman–Crippen MR) is 31.6 cm³/mol. The number of carboxylic acids is 1. The van der Waals surface area contributed by atoms with E-state index in [0.29, 0.717) is 0 Å². The Bertz CT molecular complexity index is 127. The van der Waals surface area contributed by atoms with Gasteiger partial charge in [0, 0.05) is 46.5 Å². The zero-order chi connectivity index (χ0) is 6.41. The quantitative estimate of drug-likeness (QED) is 0.600. The fourth-order valence-electron chi connectivity index (χ4n) is 0.249. The van der Waals surface area contributed by atoms with Gasteiger partial charge in [-0.2, -0.15) is 0 Å². The summed E-state index contributed by atoms with van der Waals surface area (Å²) in [6.07, 6.45) is 5.98. The molecule has 0 aromatic carbocycles. The first-order valence-electron chi connectivity index (χ1n) is 2.29. The molecule has 0 atom stereocenters. The summed E-state index contributed by atoms with van der Waals surface area (Å²) in [7, 11) is 0. The topological polar surface area (TPSA) is 37.3 Å². The molecule has 0 radical (unpaired) electrons. The molecule has 0 spiro atoms. The van der Waals surface area contributed by atoms with Crippen molar-refractivity contribution in [2.45, 2.75) is 6.92 Å². The molecular formula is C6H8O2Sm. The summed E-state index contributed by atoms with van der Waals surface area (Å²) >= 11 is 0. The molecule has 0 amide bonds.